The molecule has 0 N–H and O–H groups in total. The monoisotopic (exact) mass is 290 g/mol. The normalized spacial score (nSPS) is 20.6. The number of piperazine rings is 1. The molecule has 2 aliphatic rings. The number of pyridine rings is 1. The highest BCUT2D eigenvalue weighted by molar-refractivity contribution is 5.78. The first-order valence-corrected chi connectivity index (χ1v) is 7.57. The molecule has 1 amide bonds. The quantitative estimate of drug-likeness (QED) is 0.788. The van der Waals surface area contributed by atoms with Gasteiger partial charge in [-0.1, -0.05) is 6.07 Å². The van der Waals surface area contributed by atoms with Gasteiger partial charge in [0, 0.05) is 45.5 Å². The molecule has 114 valence electrons. The molecule has 21 heavy (non-hydrogen) atoms. The number of rotatable bonds is 3. The van der Waals surface area contributed by atoms with Gasteiger partial charge in [0.05, 0.1) is 19.8 Å². The van der Waals surface area contributed by atoms with Crippen molar-refractivity contribution in [3.8, 4) is 0 Å². The summed E-state index contributed by atoms with van der Waals surface area (Å²) in [5, 5.41) is 0. The summed E-state index contributed by atoms with van der Waals surface area (Å²) in [6, 6.07) is 5.94. The fraction of sp³-hybridized carbons (Fsp3) is 0.600. The highest BCUT2D eigenvalue weighted by Gasteiger charge is 2.23. The minimum absolute atomic E-state index is 0.234. The lowest BCUT2D eigenvalue weighted by Crippen LogP contribution is -2.52. The van der Waals surface area contributed by atoms with Crippen molar-refractivity contribution in [2.75, 3.05) is 63.9 Å². The van der Waals surface area contributed by atoms with Gasteiger partial charge in [-0.25, -0.2) is 4.98 Å². The Labute approximate surface area is 125 Å². The van der Waals surface area contributed by atoms with Crippen molar-refractivity contribution in [2.45, 2.75) is 0 Å². The van der Waals surface area contributed by atoms with Crippen LogP contribution in [0.15, 0.2) is 24.4 Å². The summed E-state index contributed by atoms with van der Waals surface area (Å²) in [7, 11) is 0. The zero-order valence-electron chi connectivity index (χ0n) is 12.3. The Morgan fingerprint density at radius 3 is 2.52 bits per heavy atom. The van der Waals surface area contributed by atoms with E-state index in [0.29, 0.717) is 6.54 Å². The molecule has 2 fully saturated rings. The third kappa shape index (κ3) is 3.71. The summed E-state index contributed by atoms with van der Waals surface area (Å²) in [4.78, 5) is 23.1. The Bertz CT molecular complexity index is 454. The summed E-state index contributed by atoms with van der Waals surface area (Å²) in [6.45, 7) is 6.98. The third-order valence-corrected chi connectivity index (χ3v) is 4.07. The van der Waals surface area contributed by atoms with Gasteiger partial charge in [-0.3, -0.25) is 9.69 Å². The van der Waals surface area contributed by atoms with Gasteiger partial charge < -0.3 is 14.5 Å². The lowest BCUT2D eigenvalue weighted by Gasteiger charge is -2.36. The molecule has 0 spiro atoms. The third-order valence-electron chi connectivity index (χ3n) is 4.07. The van der Waals surface area contributed by atoms with Crippen molar-refractivity contribution in [3.05, 3.63) is 24.4 Å². The summed E-state index contributed by atoms with van der Waals surface area (Å²) < 4.78 is 5.31. The van der Waals surface area contributed by atoms with Crippen LogP contribution in [-0.2, 0) is 9.53 Å². The molecule has 0 radical (unpaired) electrons. The summed E-state index contributed by atoms with van der Waals surface area (Å²) in [6.07, 6.45) is 1.81. The second kappa shape index (κ2) is 6.87. The van der Waals surface area contributed by atoms with Crippen molar-refractivity contribution in [1.29, 1.82) is 0 Å². The molecule has 6 nitrogen and oxygen atoms in total. The van der Waals surface area contributed by atoms with Crippen LogP contribution in [0.4, 0.5) is 5.82 Å². The fourth-order valence-electron chi connectivity index (χ4n) is 2.78. The van der Waals surface area contributed by atoms with Crippen LogP contribution in [0.5, 0.6) is 0 Å². The van der Waals surface area contributed by atoms with E-state index >= 15 is 0 Å². The van der Waals surface area contributed by atoms with Crippen LogP contribution in [0.25, 0.3) is 0 Å². The van der Waals surface area contributed by atoms with E-state index in [4.69, 9.17) is 4.74 Å². The lowest BCUT2D eigenvalue weighted by atomic mass is 10.3. The molecule has 2 saturated heterocycles. The highest BCUT2D eigenvalue weighted by Crippen LogP contribution is 2.12. The molecule has 0 atom stereocenters. The summed E-state index contributed by atoms with van der Waals surface area (Å²) >= 11 is 0. The molecular formula is C15H22N4O2. The summed E-state index contributed by atoms with van der Waals surface area (Å²) in [5.74, 6) is 1.23. The lowest BCUT2D eigenvalue weighted by molar-refractivity contribution is -0.133. The van der Waals surface area contributed by atoms with Gasteiger partial charge in [-0.05, 0) is 12.1 Å². The molecule has 3 rings (SSSR count). The number of hydrogen-bond acceptors (Lipinski definition) is 5. The minimum atomic E-state index is 0.234. The number of hydrogen-bond donors (Lipinski definition) is 0. The largest absolute Gasteiger partial charge is 0.379 e. The molecule has 2 aliphatic heterocycles. The van der Waals surface area contributed by atoms with Crippen LogP contribution in [0.1, 0.15) is 0 Å². The van der Waals surface area contributed by atoms with Gasteiger partial charge in [-0.2, -0.15) is 0 Å². The van der Waals surface area contributed by atoms with Gasteiger partial charge in [0.25, 0.3) is 0 Å². The van der Waals surface area contributed by atoms with Gasteiger partial charge in [0.2, 0.25) is 5.91 Å². The number of carbonyl (C=O) groups is 1. The number of morpholine rings is 1. The van der Waals surface area contributed by atoms with E-state index in [9.17, 15) is 4.79 Å². The van der Waals surface area contributed by atoms with Crippen LogP contribution in [0.2, 0.25) is 0 Å². The van der Waals surface area contributed by atoms with E-state index < -0.39 is 0 Å². The SMILES string of the molecule is O=C(CN1CCOCC1)N1CCN(c2ccccn2)CC1. The van der Waals surface area contributed by atoms with E-state index in [2.05, 4.69) is 14.8 Å². The van der Waals surface area contributed by atoms with E-state index in [0.717, 1.165) is 58.3 Å². The van der Waals surface area contributed by atoms with Crippen LogP contribution in [0, 0.1) is 0 Å². The fourth-order valence-corrected chi connectivity index (χ4v) is 2.78. The first-order valence-electron chi connectivity index (χ1n) is 7.57. The molecule has 1 aromatic heterocycles. The molecule has 0 aliphatic carbocycles. The van der Waals surface area contributed by atoms with E-state index in [1.165, 1.54) is 0 Å². The molecule has 0 saturated carbocycles. The first-order chi connectivity index (χ1) is 10.3. The van der Waals surface area contributed by atoms with Crippen LogP contribution in [-0.4, -0.2) is 79.7 Å². The molecule has 6 heteroatoms. The standard InChI is InChI=1S/C15H22N4O2/c20-15(13-17-9-11-21-12-10-17)19-7-5-18(6-8-19)14-3-1-2-4-16-14/h1-4H,5-13H2. The average Bonchev–Trinajstić information content (AvgIpc) is 2.57. The van der Waals surface area contributed by atoms with Crippen molar-refractivity contribution < 1.29 is 9.53 Å². The van der Waals surface area contributed by atoms with E-state index in [1.54, 1.807) is 0 Å². The molecule has 0 aromatic carbocycles. The molecule has 3 heterocycles. The number of amides is 1. The van der Waals surface area contributed by atoms with Crippen LogP contribution >= 0.6 is 0 Å². The zero-order chi connectivity index (χ0) is 14.5. The van der Waals surface area contributed by atoms with Crippen molar-refractivity contribution in [2.24, 2.45) is 0 Å². The van der Waals surface area contributed by atoms with Crippen molar-refractivity contribution in [1.82, 2.24) is 14.8 Å². The number of anilines is 1. The van der Waals surface area contributed by atoms with E-state index in [-0.39, 0.29) is 5.91 Å². The Morgan fingerprint density at radius 2 is 1.86 bits per heavy atom. The van der Waals surface area contributed by atoms with E-state index in [1.807, 2.05) is 29.3 Å². The summed E-state index contributed by atoms with van der Waals surface area (Å²) in [5.41, 5.74) is 0. The predicted octanol–water partition coefficient (Wildman–Crippen LogP) is 0.0624. The van der Waals surface area contributed by atoms with Crippen LogP contribution < -0.4 is 4.90 Å². The minimum Gasteiger partial charge on any atom is -0.379 e. The van der Waals surface area contributed by atoms with Gasteiger partial charge in [0.15, 0.2) is 0 Å². The number of ether oxygens (including phenoxy) is 1. The maximum atomic E-state index is 12.3. The smallest absolute Gasteiger partial charge is 0.236 e. The Kier molecular flexibility index (Phi) is 4.67. The van der Waals surface area contributed by atoms with Gasteiger partial charge in [0.1, 0.15) is 5.82 Å². The Morgan fingerprint density at radius 1 is 1.10 bits per heavy atom. The highest BCUT2D eigenvalue weighted by atomic mass is 16.5. The maximum absolute atomic E-state index is 12.3. The molecule has 1 aromatic rings. The topological polar surface area (TPSA) is 48.9 Å². The first kappa shape index (κ1) is 14.3. The molecular weight excluding hydrogens is 268 g/mol. The second-order valence-corrected chi connectivity index (χ2v) is 5.44. The second-order valence-electron chi connectivity index (χ2n) is 5.44. The maximum Gasteiger partial charge on any atom is 0.236 e. The van der Waals surface area contributed by atoms with Crippen molar-refractivity contribution >= 4 is 11.7 Å². The number of nitrogens with zero attached hydrogens (tertiary/aromatic N) is 4. The van der Waals surface area contributed by atoms with Crippen molar-refractivity contribution in [3.63, 3.8) is 0 Å². The Balaban J connectivity index is 1.47. The predicted molar refractivity (Wildman–Crippen MR) is 80.3 cm³/mol. The van der Waals surface area contributed by atoms with Crippen LogP contribution in [0.3, 0.4) is 0 Å². The zero-order valence-corrected chi connectivity index (χ0v) is 12.3. The number of carbonyl (C=O) groups excluding carboxylic acids is 1. The Hall–Kier alpha value is -1.66. The molecule has 0 unspecified atom stereocenters. The average molecular weight is 290 g/mol. The van der Waals surface area contributed by atoms with Gasteiger partial charge in [-0.15, -0.1) is 0 Å². The number of aromatic nitrogens is 1. The van der Waals surface area contributed by atoms with Gasteiger partial charge >= 0.3 is 0 Å². The molecule has 0 bridgehead atoms.